The van der Waals surface area contributed by atoms with E-state index in [0.717, 1.165) is 38.8 Å². The van der Waals surface area contributed by atoms with Gasteiger partial charge in [-0.2, -0.15) is 0 Å². The molecule has 0 spiro atoms. The highest BCUT2D eigenvalue weighted by Gasteiger charge is 2.15. The van der Waals surface area contributed by atoms with E-state index in [1.807, 2.05) is 6.20 Å². The molecule has 0 aliphatic carbocycles. The molecule has 0 unspecified atom stereocenters. The minimum Gasteiger partial charge on any atom is -0.309 e. The summed E-state index contributed by atoms with van der Waals surface area (Å²) in [6.45, 7) is 0. The van der Waals surface area contributed by atoms with Crippen molar-refractivity contribution in [2.45, 2.75) is 0 Å². The van der Waals surface area contributed by atoms with Crippen LogP contribution in [0.5, 0.6) is 0 Å². The maximum Gasteiger partial charge on any atom is 0.0979 e. The van der Waals surface area contributed by atoms with Crippen LogP contribution < -0.4 is 0 Å². The van der Waals surface area contributed by atoms with Gasteiger partial charge in [-0.25, -0.2) is 4.98 Å². The highest BCUT2D eigenvalue weighted by atomic mass is 15.0. The lowest BCUT2D eigenvalue weighted by atomic mass is 9.99. The number of para-hydroxylation sites is 1. The largest absolute Gasteiger partial charge is 0.309 e. The Balaban J connectivity index is 1.04. The molecule has 2 heterocycles. The number of benzene rings is 8. The molecule has 0 aliphatic heterocycles. The summed E-state index contributed by atoms with van der Waals surface area (Å²) >= 11 is 0. The maximum absolute atomic E-state index is 5.19. The highest BCUT2D eigenvalue weighted by molar-refractivity contribution is 6.23. The van der Waals surface area contributed by atoms with Crippen molar-refractivity contribution < 1.29 is 0 Å². The van der Waals surface area contributed by atoms with Crippen LogP contribution in [0.1, 0.15) is 0 Å². The van der Waals surface area contributed by atoms with Gasteiger partial charge in [0.15, 0.2) is 0 Å². The lowest BCUT2D eigenvalue weighted by Gasteiger charge is -2.11. The molecular weight excluding hydrogens is 595 g/mol. The van der Waals surface area contributed by atoms with Gasteiger partial charge in [-0.1, -0.05) is 140 Å². The quantitative estimate of drug-likeness (QED) is 0.183. The number of hydrogen-bond donors (Lipinski definition) is 0. The minimum atomic E-state index is 0.872. The Bertz CT molecular complexity index is 2810. The van der Waals surface area contributed by atoms with Crippen LogP contribution in [0.25, 0.3) is 93.6 Å². The average molecular weight is 624 g/mol. The Morgan fingerprint density at radius 2 is 0.857 bits per heavy atom. The van der Waals surface area contributed by atoms with E-state index >= 15 is 0 Å². The monoisotopic (exact) mass is 623 g/mol. The van der Waals surface area contributed by atoms with Crippen LogP contribution in [-0.2, 0) is 0 Å². The second-order valence-corrected chi connectivity index (χ2v) is 12.6. The lowest BCUT2D eigenvalue weighted by molar-refractivity contribution is 1.18. The molecule has 0 N–H and O–H groups in total. The second-order valence-electron chi connectivity index (χ2n) is 12.6. The van der Waals surface area contributed by atoms with Crippen molar-refractivity contribution in [1.82, 2.24) is 14.5 Å². The van der Waals surface area contributed by atoms with Gasteiger partial charge in [0.2, 0.25) is 0 Å². The van der Waals surface area contributed by atoms with Crippen LogP contribution in [-0.4, -0.2) is 14.5 Å². The van der Waals surface area contributed by atoms with E-state index < -0.39 is 0 Å². The smallest absolute Gasteiger partial charge is 0.0979 e. The maximum atomic E-state index is 5.19. The summed E-state index contributed by atoms with van der Waals surface area (Å²) in [6.07, 6.45) is 1.91. The van der Waals surface area contributed by atoms with Crippen molar-refractivity contribution in [3.05, 3.63) is 176 Å². The molecule has 10 rings (SSSR count). The number of nitrogens with zero attached hydrogens (tertiary/aromatic N) is 3. The van der Waals surface area contributed by atoms with E-state index in [1.165, 1.54) is 54.8 Å². The number of fused-ring (bicyclic) bond motifs is 9. The number of hydrogen-bond acceptors (Lipinski definition) is 2. The zero-order valence-corrected chi connectivity index (χ0v) is 26.6. The van der Waals surface area contributed by atoms with E-state index in [2.05, 4.69) is 174 Å². The Morgan fingerprint density at radius 1 is 0.347 bits per heavy atom. The first-order valence-electron chi connectivity index (χ1n) is 16.7. The molecule has 49 heavy (non-hydrogen) atoms. The normalized spacial score (nSPS) is 11.7. The Kier molecular flexibility index (Phi) is 6.18. The van der Waals surface area contributed by atoms with Crippen molar-refractivity contribution in [3.63, 3.8) is 0 Å². The fourth-order valence-electron chi connectivity index (χ4n) is 7.46. The van der Waals surface area contributed by atoms with Crippen LogP contribution in [0.15, 0.2) is 176 Å². The molecule has 0 aliphatic rings. The highest BCUT2D eigenvalue weighted by Crippen LogP contribution is 2.37. The summed E-state index contributed by atoms with van der Waals surface area (Å²) in [5.74, 6) is 0. The van der Waals surface area contributed by atoms with Crippen molar-refractivity contribution in [2.75, 3.05) is 0 Å². The molecule has 0 fully saturated rings. The van der Waals surface area contributed by atoms with Crippen molar-refractivity contribution >= 4 is 54.4 Å². The fourth-order valence-corrected chi connectivity index (χ4v) is 7.46. The molecule has 2 aromatic heterocycles. The summed E-state index contributed by atoms with van der Waals surface area (Å²) in [5.41, 5.74) is 12.1. The summed E-state index contributed by atoms with van der Waals surface area (Å²) in [5, 5.41) is 7.15. The van der Waals surface area contributed by atoms with Gasteiger partial charge in [0.05, 0.1) is 34.0 Å². The molecule has 0 amide bonds. The first kappa shape index (κ1) is 27.5. The van der Waals surface area contributed by atoms with Gasteiger partial charge < -0.3 is 4.57 Å². The van der Waals surface area contributed by atoms with E-state index in [1.54, 1.807) is 0 Å². The summed E-state index contributed by atoms with van der Waals surface area (Å²) < 4.78 is 2.37. The average Bonchev–Trinajstić information content (AvgIpc) is 3.52. The SMILES string of the molecule is c1ccc(-c2ccc(-n3c4ccccc4c4cc(-c5ccc(-c6cnc7c8ccccc8c8ccccc8c7n6)cc5)ccc43)cc2)cc1. The van der Waals surface area contributed by atoms with Gasteiger partial charge in [0.25, 0.3) is 0 Å². The third kappa shape index (κ3) is 4.44. The van der Waals surface area contributed by atoms with Crippen LogP contribution in [0.3, 0.4) is 0 Å². The Hall–Kier alpha value is -6.58. The van der Waals surface area contributed by atoms with Gasteiger partial charge in [0, 0.05) is 32.8 Å². The topological polar surface area (TPSA) is 30.7 Å². The Labute approximate surface area is 283 Å². The molecular formula is C46H29N3. The molecule has 3 heteroatoms. The van der Waals surface area contributed by atoms with Gasteiger partial charge in [-0.3, -0.25) is 4.98 Å². The van der Waals surface area contributed by atoms with E-state index in [-0.39, 0.29) is 0 Å². The predicted molar refractivity (Wildman–Crippen MR) is 205 cm³/mol. The Morgan fingerprint density at radius 3 is 1.59 bits per heavy atom. The van der Waals surface area contributed by atoms with Crippen molar-refractivity contribution in [1.29, 1.82) is 0 Å². The predicted octanol–water partition coefficient (Wildman–Crippen LogP) is 12.0. The standard InChI is InChI=1S/C46H29N3/c1-2-10-30(11-3-1)31-22-25-35(26-23-31)49-43-17-9-8-14-38(43)41-28-34(24-27-44(41)49)32-18-20-33(21-19-32)42-29-47-45-39-15-6-4-12-36(39)37-13-5-7-16-40(37)46(45)48-42/h1-29H. The van der Waals surface area contributed by atoms with Gasteiger partial charge in [-0.05, 0) is 63.4 Å². The summed E-state index contributed by atoms with van der Waals surface area (Å²) in [6, 6.07) is 60.6. The molecule has 0 saturated carbocycles. The summed E-state index contributed by atoms with van der Waals surface area (Å²) in [4.78, 5) is 10.2. The van der Waals surface area contributed by atoms with Gasteiger partial charge in [0.1, 0.15) is 0 Å². The van der Waals surface area contributed by atoms with E-state index in [9.17, 15) is 0 Å². The first-order chi connectivity index (χ1) is 24.3. The fraction of sp³-hybridized carbons (Fsp3) is 0. The molecule has 228 valence electrons. The molecule has 3 nitrogen and oxygen atoms in total. The van der Waals surface area contributed by atoms with E-state index in [0.29, 0.717) is 0 Å². The number of aromatic nitrogens is 3. The van der Waals surface area contributed by atoms with Crippen molar-refractivity contribution in [2.24, 2.45) is 0 Å². The van der Waals surface area contributed by atoms with Crippen LogP contribution >= 0.6 is 0 Å². The molecule has 0 atom stereocenters. The van der Waals surface area contributed by atoms with Crippen LogP contribution in [0.4, 0.5) is 0 Å². The zero-order chi connectivity index (χ0) is 32.3. The second kappa shape index (κ2) is 11.0. The molecule has 10 aromatic rings. The molecule has 0 saturated heterocycles. The van der Waals surface area contributed by atoms with Crippen LogP contribution in [0, 0.1) is 0 Å². The first-order valence-corrected chi connectivity index (χ1v) is 16.7. The van der Waals surface area contributed by atoms with Gasteiger partial charge in [-0.15, -0.1) is 0 Å². The summed E-state index contributed by atoms with van der Waals surface area (Å²) in [7, 11) is 0. The lowest BCUT2D eigenvalue weighted by Crippen LogP contribution is -1.93. The third-order valence-electron chi connectivity index (χ3n) is 9.85. The van der Waals surface area contributed by atoms with Crippen molar-refractivity contribution in [3.8, 4) is 39.2 Å². The molecule has 8 aromatic carbocycles. The van der Waals surface area contributed by atoms with Gasteiger partial charge >= 0.3 is 0 Å². The third-order valence-corrected chi connectivity index (χ3v) is 9.85. The van der Waals surface area contributed by atoms with E-state index in [4.69, 9.17) is 9.97 Å². The minimum absolute atomic E-state index is 0.872. The molecule has 0 radical (unpaired) electrons. The molecule has 0 bridgehead atoms. The zero-order valence-electron chi connectivity index (χ0n) is 26.6. The number of rotatable bonds is 4. The van der Waals surface area contributed by atoms with Crippen LogP contribution in [0.2, 0.25) is 0 Å².